The third kappa shape index (κ3) is 5.18. The van der Waals surface area contributed by atoms with Crippen molar-refractivity contribution >= 4 is 16.8 Å². The smallest absolute Gasteiger partial charge is 0.223 e. The first-order chi connectivity index (χ1) is 17.7. The van der Waals surface area contributed by atoms with Crippen molar-refractivity contribution in [1.29, 1.82) is 0 Å². The number of aromatic nitrogens is 1. The minimum atomic E-state index is -0.0319. The number of aromatic amines is 1. The van der Waals surface area contributed by atoms with Gasteiger partial charge in [-0.1, -0.05) is 67.6 Å². The van der Waals surface area contributed by atoms with Crippen molar-refractivity contribution in [3.63, 3.8) is 0 Å². The van der Waals surface area contributed by atoms with Gasteiger partial charge in [-0.05, 0) is 66.0 Å². The Labute approximate surface area is 214 Å². The number of fused-ring (bicyclic) bond motifs is 1. The van der Waals surface area contributed by atoms with E-state index in [-0.39, 0.29) is 11.8 Å². The summed E-state index contributed by atoms with van der Waals surface area (Å²) in [4.78, 5) is 19.2. The number of H-pyrrole nitrogens is 1. The lowest BCUT2D eigenvalue weighted by atomic mass is 9.86. The number of nitrogens with zero attached hydrogens (tertiary/aromatic N) is 1. The predicted molar refractivity (Wildman–Crippen MR) is 147 cm³/mol. The Morgan fingerprint density at radius 3 is 2.56 bits per heavy atom. The maximum absolute atomic E-state index is 13.6. The molecule has 1 saturated heterocycles. The monoisotopic (exact) mass is 480 g/mol. The van der Waals surface area contributed by atoms with E-state index in [9.17, 15) is 4.79 Å². The molecule has 0 saturated carbocycles. The van der Waals surface area contributed by atoms with Gasteiger partial charge in [-0.2, -0.15) is 0 Å². The third-order valence-electron chi connectivity index (χ3n) is 7.80. The van der Waals surface area contributed by atoms with Gasteiger partial charge in [0.25, 0.3) is 0 Å². The van der Waals surface area contributed by atoms with E-state index < -0.39 is 0 Å². The second-order valence-electron chi connectivity index (χ2n) is 9.98. The molecular weight excluding hydrogens is 444 g/mol. The molecule has 1 fully saturated rings. The lowest BCUT2D eigenvalue weighted by molar-refractivity contribution is -0.132. The summed E-state index contributed by atoms with van der Waals surface area (Å²) in [6.45, 7) is 3.86. The maximum atomic E-state index is 13.6. The van der Waals surface area contributed by atoms with E-state index in [1.165, 1.54) is 27.6 Å². The molecule has 0 spiro atoms. The Bertz CT molecular complexity index is 1300. The van der Waals surface area contributed by atoms with Gasteiger partial charge in [-0.25, -0.2) is 0 Å². The van der Waals surface area contributed by atoms with Crippen molar-refractivity contribution in [2.24, 2.45) is 5.92 Å². The first kappa shape index (κ1) is 24.2. The van der Waals surface area contributed by atoms with Crippen molar-refractivity contribution in [3.8, 4) is 5.75 Å². The van der Waals surface area contributed by atoms with Crippen LogP contribution in [0.1, 0.15) is 54.4 Å². The number of ether oxygens (including phenoxy) is 1. The van der Waals surface area contributed by atoms with Crippen LogP contribution in [0.15, 0.2) is 79.0 Å². The highest BCUT2D eigenvalue weighted by Crippen LogP contribution is 2.36. The average Bonchev–Trinajstić information content (AvgIpc) is 3.36. The number of piperidine rings is 1. The SMILES string of the molecule is CCc1cccc2c([C@@H](CC(=O)N3CCC(Cc4ccccc4)CC3)c3cccc(OC)c3)c[nH]c12. The number of para-hydroxylation sites is 1. The molecule has 4 nitrogen and oxygen atoms in total. The van der Waals surface area contributed by atoms with Crippen LogP contribution in [0, 0.1) is 5.92 Å². The van der Waals surface area contributed by atoms with E-state index in [4.69, 9.17) is 4.74 Å². The summed E-state index contributed by atoms with van der Waals surface area (Å²) in [6, 6.07) is 25.4. The molecule has 36 heavy (non-hydrogen) atoms. The number of nitrogens with one attached hydrogen (secondary N) is 1. The van der Waals surface area contributed by atoms with Gasteiger partial charge in [0.2, 0.25) is 5.91 Å². The topological polar surface area (TPSA) is 45.3 Å². The van der Waals surface area contributed by atoms with E-state index in [1.54, 1.807) is 7.11 Å². The summed E-state index contributed by atoms with van der Waals surface area (Å²) in [5.74, 6) is 1.67. The highest BCUT2D eigenvalue weighted by molar-refractivity contribution is 5.88. The van der Waals surface area contributed by atoms with Crippen LogP contribution in [-0.2, 0) is 17.6 Å². The van der Waals surface area contributed by atoms with Crippen LogP contribution in [0.3, 0.4) is 0 Å². The molecule has 2 heterocycles. The quantitative estimate of drug-likeness (QED) is 0.303. The van der Waals surface area contributed by atoms with Gasteiger partial charge < -0.3 is 14.6 Å². The molecule has 4 aromatic rings. The Hall–Kier alpha value is -3.53. The average molecular weight is 481 g/mol. The molecule has 4 heteroatoms. The predicted octanol–water partition coefficient (Wildman–Crippen LogP) is 6.74. The summed E-state index contributed by atoms with van der Waals surface area (Å²) in [7, 11) is 1.69. The van der Waals surface area contributed by atoms with Crippen LogP contribution in [0.2, 0.25) is 0 Å². The van der Waals surface area contributed by atoms with Crippen LogP contribution in [-0.4, -0.2) is 36.0 Å². The number of likely N-dealkylation sites (tertiary alicyclic amines) is 1. The Kier molecular flexibility index (Phi) is 7.41. The molecule has 3 aromatic carbocycles. The highest BCUT2D eigenvalue weighted by atomic mass is 16.5. The van der Waals surface area contributed by atoms with E-state index in [0.717, 1.165) is 50.1 Å². The van der Waals surface area contributed by atoms with E-state index in [1.807, 2.05) is 12.1 Å². The number of carbonyl (C=O) groups excluding carboxylic acids is 1. The molecule has 186 valence electrons. The number of benzene rings is 3. The van der Waals surface area contributed by atoms with Crippen LogP contribution < -0.4 is 4.74 Å². The largest absolute Gasteiger partial charge is 0.497 e. The van der Waals surface area contributed by atoms with Gasteiger partial charge in [0, 0.05) is 42.5 Å². The Morgan fingerprint density at radius 2 is 1.81 bits per heavy atom. The Morgan fingerprint density at radius 1 is 1.03 bits per heavy atom. The first-order valence-corrected chi connectivity index (χ1v) is 13.2. The van der Waals surface area contributed by atoms with Crippen molar-refractivity contribution in [2.75, 3.05) is 20.2 Å². The third-order valence-corrected chi connectivity index (χ3v) is 7.80. The number of hydrogen-bond donors (Lipinski definition) is 1. The molecule has 0 bridgehead atoms. The standard InChI is InChI=1S/C32H36N2O2/c1-3-25-11-8-14-28-30(22-33-32(25)28)29(26-12-7-13-27(20-26)36-2)21-31(35)34-17-15-24(16-18-34)19-23-9-5-4-6-10-23/h4-14,20,22,24,29,33H,3,15-19,21H2,1-2H3/t29-/m0/s1. The van der Waals surface area contributed by atoms with E-state index in [2.05, 4.69) is 83.7 Å². The molecule has 1 N–H and O–H groups in total. The van der Waals surface area contributed by atoms with Crippen molar-refractivity contribution in [1.82, 2.24) is 9.88 Å². The van der Waals surface area contributed by atoms with Gasteiger partial charge in [-0.15, -0.1) is 0 Å². The second-order valence-corrected chi connectivity index (χ2v) is 9.98. The number of amides is 1. The van der Waals surface area contributed by atoms with Crippen molar-refractivity contribution in [2.45, 2.75) is 44.9 Å². The van der Waals surface area contributed by atoms with Gasteiger partial charge in [-0.3, -0.25) is 4.79 Å². The zero-order chi connectivity index (χ0) is 24.9. The summed E-state index contributed by atoms with van der Waals surface area (Å²) >= 11 is 0. The summed E-state index contributed by atoms with van der Waals surface area (Å²) < 4.78 is 5.53. The molecule has 1 aromatic heterocycles. The van der Waals surface area contributed by atoms with Crippen LogP contribution in [0.5, 0.6) is 5.75 Å². The number of rotatable bonds is 8. The molecule has 0 radical (unpaired) electrons. The first-order valence-electron chi connectivity index (χ1n) is 13.2. The van der Waals surface area contributed by atoms with Gasteiger partial charge in [0.05, 0.1) is 7.11 Å². The molecule has 1 amide bonds. The van der Waals surface area contributed by atoms with Gasteiger partial charge in [0.15, 0.2) is 0 Å². The van der Waals surface area contributed by atoms with Crippen LogP contribution in [0.25, 0.3) is 10.9 Å². The molecule has 0 aliphatic carbocycles. The number of aryl methyl sites for hydroxylation is 1. The minimum absolute atomic E-state index is 0.0319. The molecular formula is C32H36N2O2. The highest BCUT2D eigenvalue weighted by Gasteiger charge is 2.28. The van der Waals surface area contributed by atoms with Gasteiger partial charge >= 0.3 is 0 Å². The maximum Gasteiger partial charge on any atom is 0.223 e. The molecule has 5 rings (SSSR count). The molecule has 1 aliphatic rings. The van der Waals surface area contributed by atoms with Crippen molar-refractivity contribution < 1.29 is 9.53 Å². The Balaban J connectivity index is 1.36. The van der Waals surface area contributed by atoms with Crippen LogP contribution in [0.4, 0.5) is 0 Å². The fourth-order valence-corrected chi connectivity index (χ4v) is 5.73. The normalized spacial score (nSPS) is 15.2. The van der Waals surface area contributed by atoms with Gasteiger partial charge in [0.1, 0.15) is 5.75 Å². The number of carbonyl (C=O) groups is 1. The lowest BCUT2D eigenvalue weighted by Crippen LogP contribution is -2.39. The van der Waals surface area contributed by atoms with E-state index >= 15 is 0 Å². The fourth-order valence-electron chi connectivity index (χ4n) is 5.73. The fraction of sp³-hybridized carbons (Fsp3) is 0.344. The number of methoxy groups -OCH3 is 1. The number of hydrogen-bond acceptors (Lipinski definition) is 2. The molecule has 0 unspecified atom stereocenters. The van der Waals surface area contributed by atoms with Crippen LogP contribution >= 0.6 is 0 Å². The summed E-state index contributed by atoms with van der Waals surface area (Å²) in [5.41, 5.74) is 6.17. The summed E-state index contributed by atoms with van der Waals surface area (Å²) in [5, 5.41) is 1.21. The van der Waals surface area contributed by atoms with Crippen molar-refractivity contribution in [3.05, 3.63) is 101 Å². The zero-order valence-electron chi connectivity index (χ0n) is 21.4. The minimum Gasteiger partial charge on any atom is -0.497 e. The zero-order valence-corrected chi connectivity index (χ0v) is 21.4. The summed E-state index contributed by atoms with van der Waals surface area (Å²) in [6.07, 6.45) is 6.77. The molecule has 1 aliphatic heterocycles. The van der Waals surface area contributed by atoms with E-state index in [0.29, 0.717) is 12.3 Å². The second kappa shape index (κ2) is 11.0. The molecule has 1 atom stereocenters. The lowest BCUT2D eigenvalue weighted by Gasteiger charge is -2.33.